The van der Waals surface area contributed by atoms with Crippen molar-refractivity contribution in [1.82, 2.24) is 4.57 Å². The molecule has 5 rings (SSSR count). The van der Waals surface area contributed by atoms with Crippen molar-refractivity contribution in [3.63, 3.8) is 0 Å². The minimum Gasteiger partial charge on any atom is -0.489 e. The zero-order valence-electron chi connectivity index (χ0n) is 22.7. The number of benzene rings is 2. The van der Waals surface area contributed by atoms with Crippen LogP contribution in [0.25, 0.3) is 10.9 Å². The van der Waals surface area contributed by atoms with E-state index >= 15 is 0 Å². The van der Waals surface area contributed by atoms with Gasteiger partial charge in [-0.05, 0) is 107 Å². The molecule has 0 N–H and O–H groups in total. The van der Waals surface area contributed by atoms with Crippen LogP contribution in [0.4, 0.5) is 4.79 Å². The van der Waals surface area contributed by atoms with Crippen LogP contribution in [0, 0.1) is 19.3 Å². The first-order valence-corrected chi connectivity index (χ1v) is 13.2. The molecular weight excluding hydrogens is 466 g/mol. The molecule has 2 aliphatic carbocycles. The highest BCUT2D eigenvalue weighted by Gasteiger charge is 2.49. The van der Waals surface area contributed by atoms with Gasteiger partial charge >= 0.3 is 12.1 Å². The van der Waals surface area contributed by atoms with Gasteiger partial charge in [0.1, 0.15) is 17.5 Å². The van der Waals surface area contributed by atoms with Crippen LogP contribution in [0.3, 0.4) is 0 Å². The molecule has 0 radical (unpaired) electrons. The number of rotatable bonds is 4. The fraction of sp³-hybridized carbons (Fsp3) is 0.484. The zero-order chi connectivity index (χ0) is 26.5. The summed E-state index contributed by atoms with van der Waals surface area (Å²) in [7, 11) is 1.40. The summed E-state index contributed by atoms with van der Waals surface area (Å²) in [6.07, 6.45) is 7.18. The van der Waals surface area contributed by atoms with Gasteiger partial charge in [0.2, 0.25) is 0 Å². The Hall–Kier alpha value is -3.28. The quantitative estimate of drug-likeness (QED) is 0.349. The smallest absolute Gasteiger partial charge is 0.419 e. The van der Waals surface area contributed by atoms with E-state index in [-0.39, 0.29) is 18.0 Å². The van der Waals surface area contributed by atoms with Crippen molar-refractivity contribution in [3.8, 4) is 5.75 Å². The second kappa shape index (κ2) is 9.23. The summed E-state index contributed by atoms with van der Waals surface area (Å²) in [5.41, 5.74) is 4.48. The van der Waals surface area contributed by atoms with E-state index in [1.165, 1.54) is 31.9 Å². The predicted molar refractivity (Wildman–Crippen MR) is 144 cm³/mol. The number of aromatic nitrogens is 1. The highest BCUT2D eigenvalue weighted by molar-refractivity contribution is 5.96. The summed E-state index contributed by atoms with van der Waals surface area (Å²) < 4.78 is 19.0. The van der Waals surface area contributed by atoms with E-state index in [4.69, 9.17) is 14.2 Å². The zero-order valence-corrected chi connectivity index (χ0v) is 22.7. The number of ether oxygens (including phenoxy) is 3. The number of carbonyl (C=O) groups is 2. The van der Waals surface area contributed by atoms with Crippen LogP contribution in [-0.4, -0.2) is 35.4 Å². The lowest BCUT2D eigenvalue weighted by Crippen LogP contribution is -2.33. The van der Waals surface area contributed by atoms with Gasteiger partial charge in [0, 0.05) is 17.5 Å². The molecule has 2 aliphatic rings. The number of methoxy groups -OCH3 is 1. The van der Waals surface area contributed by atoms with Crippen LogP contribution >= 0.6 is 0 Å². The second-order valence-electron chi connectivity index (χ2n) is 11.9. The number of aryl methyl sites for hydroxylation is 2. The first-order chi connectivity index (χ1) is 17.5. The SMILES string of the molecule is COC(=O)c1ccc([C@@H]2CC3(CC[C@H]2Oc2c(C)cc(C)c4c2ccn4C(=O)OC(C)(C)C)CC3)cc1. The summed E-state index contributed by atoms with van der Waals surface area (Å²) >= 11 is 0. The third-order valence-corrected chi connectivity index (χ3v) is 7.93. The van der Waals surface area contributed by atoms with Gasteiger partial charge < -0.3 is 14.2 Å². The largest absolute Gasteiger partial charge is 0.489 e. The molecule has 0 bridgehead atoms. The maximum Gasteiger partial charge on any atom is 0.419 e. The molecule has 3 aromatic rings. The number of hydrogen-bond acceptors (Lipinski definition) is 5. The molecule has 0 saturated heterocycles. The second-order valence-corrected chi connectivity index (χ2v) is 11.9. The Kier molecular flexibility index (Phi) is 6.33. The van der Waals surface area contributed by atoms with Gasteiger partial charge in [-0.2, -0.15) is 0 Å². The molecule has 196 valence electrons. The van der Waals surface area contributed by atoms with Gasteiger partial charge in [-0.1, -0.05) is 18.2 Å². The molecule has 1 heterocycles. The fourth-order valence-corrected chi connectivity index (χ4v) is 5.90. The fourth-order valence-electron chi connectivity index (χ4n) is 5.90. The molecule has 2 saturated carbocycles. The minimum absolute atomic E-state index is 0.00434. The predicted octanol–water partition coefficient (Wildman–Crippen LogP) is 7.32. The van der Waals surface area contributed by atoms with Crippen LogP contribution in [0.1, 0.15) is 85.8 Å². The Morgan fingerprint density at radius 2 is 1.70 bits per heavy atom. The molecule has 2 fully saturated rings. The summed E-state index contributed by atoms with van der Waals surface area (Å²) in [5, 5.41) is 0.926. The van der Waals surface area contributed by atoms with E-state index < -0.39 is 11.7 Å². The number of nitrogens with zero attached hydrogens (tertiary/aromatic N) is 1. The number of carbonyl (C=O) groups excluding carboxylic acids is 2. The van der Waals surface area contributed by atoms with Crippen molar-refractivity contribution in [2.45, 2.75) is 84.3 Å². The number of hydrogen-bond donors (Lipinski definition) is 0. The van der Waals surface area contributed by atoms with Gasteiger partial charge in [0.15, 0.2) is 0 Å². The van der Waals surface area contributed by atoms with E-state index in [1.54, 1.807) is 10.8 Å². The Balaban J connectivity index is 1.49. The van der Waals surface area contributed by atoms with Gasteiger partial charge in [0.25, 0.3) is 0 Å². The molecular formula is C31H37NO5. The van der Waals surface area contributed by atoms with Gasteiger partial charge in [-0.25, -0.2) is 9.59 Å². The van der Waals surface area contributed by atoms with Crippen molar-refractivity contribution < 1.29 is 23.8 Å². The van der Waals surface area contributed by atoms with Crippen LogP contribution in [-0.2, 0) is 9.47 Å². The lowest BCUT2D eigenvalue weighted by atomic mass is 9.74. The first-order valence-electron chi connectivity index (χ1n) is 13.2. The molecule has 6 heteroatoms. The van der Waals surface area contributed by atoms with Crippen molar-refractivity contribution in [1.29, 1.82) is 0 Å². The summed E-state index contributed by atoms with van der Waals surface area (Å²) in [5.74, 6) is 0.733. The summed E-state index contributed by atoms with van der Waals surface area (Å²) in [6, 6.07) is 11.8. The minimum atomic E-state index is -0.580. The Morgan fingerprint density at radius 3 is 2.32 bits per heavy atom. The normalized spacial score (nSPS) is 20.6. The Labute approximate surface area is 218 Å². The van der Waals surface area contributed by atoms with Crippen LogP contribution in [0.5, 0.6) is 5.75 Å². The average molecular weight is 504 g/mol. The first kappa shape index (κ1) is 25.4. The molecule has 6 nitrogen and oxygen atoms in total. The molecule has 1 spiro atoms. The van der Waals surface area contributed by atoms with E-state index in [0.717, 1.165) is 40.6 Å². The standard InChI is InChI=1S/C31H37NO5/c1-19-17-20(2)27(23-12-16-32(26(19)23)29(34)37-30(3,4)5)36-25-11-13-31(14-15-31)18-24(25)21-7-9-22(10-8-21)28(33)35-6/h7-10,12,16-17,24-25H,11,13-15,18H2,1-6H3/t24-,25+/m0/s1. The van der Waals surface area contributed by atoms with Crippen molar-refractivity contribution in [2.75, 3.05) is 7.11 Å². The van der Waals surface area contributed by atoms with Crippen LogP contribution < -0.4 is 4.74 Å². The lowest BCUT2D eigenvalue weighted by Gasteiger charge is -2.37. The van der Waals surface area contributed by atoms with Gasteiger partial charge in [-0.15, -0.1) is 0 Å². The van der Waals surface area contributed by atoms with Gasteiger partial charge in [0.05, 0.1) is 18.2 Å². The highest BCUT2D eigenvalue weighted by atomic mass is 16.6. The number of esters is 1. The maximum absolute atomic E-state index is 13.0. The summed E-state index contributed by atoms with van der Waals surface area (Å²) in [6.45, 7) is 9.70. The highest BCUT2D eigenvalue weighted by Crippen LogP contribution is 2.60. The van der Waals surface area contributed by atoms with Gasteiger partial charge in [-0.3, -0.25) is 4.57 Å². The molecule has 0 amide bonds. The maximum atomic E-state index is 13.0. The van der Waals surface area contributed by atoms with E-state index in [9.17, 15) is 9.59 Å². The monoisotopic (exact) mass is 503 g/mol. The summed E-state index contributed by atoms with van der Waals surface area (Å²) in [4.78, 5) is 24.9. The Bertz CT molecular complexity index is 1340. The average Bonchev–Trinajstić information content (AvgIpc) is 3.44. The topological polar surface area (TPSA) is 66.8 Å². The van der Waals surface area contributed by atoms with E-state index in [0.29, 0.717) is 11.0 Å². The van der Waals surface area contributed by atoms with Crippen LogP contribution in [0.2, 0.25) is 0 Å². The Morgan fingerprint density at radius 1 is 1.00 bits per heavy atom. The van der Waals surface area contributed by atoms with E-state index in [2.05, 4.69) is 13.0 Å². The van der Waals surface area contributed by atoms with Crippen LogP contribution in [0.15, 0.2) is 42.6 Å². The third-order valence-electron chi connectivity index (χ3n) is 7.93. The molecule has 2 atom stereocenters. The molecule has 37 heavy (non-hydrogen) atoms. The molecule has 0 unspecified atom stereocenters. The molecule has 1 aromatic heterocycles. The van der Waals surface area contributed by atoms with Crippen molar-refractivity contribution >= 4 is 23.0 Å². The van der Waals surface area contributed by atoms with E-state index in [1.807, 2.05) is 58.0 Å². The lowest BCUT2D eigenvalue weighted by molar-refractivity contribution is 0.0542. The van der Waals surface area contributed by atoms with Crippen molar-refractivity contribution in [3.05, 3.63) is 64.8 Å². The number of fused-ring (bicyclic) bond motifs is 1. The molecule has 2 aromatic carbocycles. The molecule has 0 aliphatic heterocycles. The third kappa shape index (κ3) is 4.98. The van der Waals surface area contributed by atoms with Crippen molar-refractivity contribution in [2.24, 2.45) is 5.41 Å².